The van der Waals surface area contributed by atoms with Crippen molar-refractivity contribution >= 4 is 0 Å². The maximum absolute atomic E-state index is 13.5. The van der Waals surface area contributed by atoms with E-state index in [1.807, 2.05) is 72.8 Å². The number of nitrogens with two attached hydrogens (primary N) is 2. The van der Waals surface area contributed by atoms with Crippen molar-refractivity contribution < 1.29 is 164 Å². The van der Waals surface area contributed by atoms with Crippen molar-refractivity contribution in [1.29, 1.82) is 0 Å². The predicted octanol–water partition coefficient (Wildman–Crippen LogP) is 13.6. The van der Waals surface area contributed by atoms with Gasteiger partial charge in [0.05, 0.1) is 105 Å². The second kappa shape index (κ2) is 54.6. The molecule has 0 saturated heterocycles. The number of aliphatic hydroxyl groups excluding tert-OH is 2. The second-order valence-corrected chi connectivity index (χ2v) is 34.3. The Hall–Kier alpha value is -4.34. The summed E-state index contributed by atoms with van der Waals surface area (Å²) in [4.78, 5) is 0. The molecular formula is C90H138N2O18U2-12. The minimum Gasteiger partial charge on any atom is -2.00 e. The first-order valence-corrected chi connectivity index (χ1v) is 38.7. The van der Waals surface area contributed by atoms with Gasteiger partial charge in [-0.1, -0.05) is 285 Å². The quantitative estimate of drug-likeness (QED) is 0.0828. The minimum atomic E-state index is -0.204. The van der Waals surface area contributed by atoms with Crippen molar-refractivity contribution in [2.75, 3.05) is 40.4 Å². The molecule has 0 unspecified atom stereocenters. The molecule has 0 saturated carbocycles. The summed E-state index contributed by atoms with van der Waals surface area (Å²) in [6, 6.07) is 22.7. The van der Waals surface area contributed by atoms with Crippen LogP contribution >= 0.6 is 0 Å². The molecular weight excluding hydrogens is 1870 g/mol. The molecule has 0 radical (unpaired) electrons. The summed E-state index contributed by atoms with van der Waals surface area (Å²) in [6.45, 7) is 52.8. The number of aliphatic hydroxyl groups is 2. The van der Waals surface area contributed by atoms with Crippen LogP contribution in [0.25, 0.3) is 0 Å². The Kier molecular flexibility index (Phi) is 55.6. The average Bonchev–Trinajstić information content (AvgIpc) is 0.802. The topological polar surface area (TPSA) is 381 Å². The Morgan fingerprint density at radius 2 is 0.339 bits per heavy atom. The van der Waals surface area contributed by atoms with E-state index in [0.717, 1.165) is 47.6 Å². The van der Waals surface area contributed by atoms with Gasteiger partial charge in [0.2, 0.25) is 0 Å². The number of ether oxygens (including phenoxy) is 6. The molecule has 22 heteroatoms. The zero-order valence-electron chi connectivity index (χ0n) is 72.5. The predicted molar refractivity (Wildman–Crippen MR) is 420 cm³/mol. The van der Waals surface area contributed by atoms with Crippen LogP contribution in [-0.2, 0) is 162 Å². The molecule has 112 heavy (non-hydrogen) atoms. The van der Waals surface area contributed by atoms with Crippen molar-refractivity contribution in [2.24, 2.45) is 0 Å². The molecule has 0 atom stereocenters. The van der Waals surface area contributed by atoms with Crippen molar-refractivity contribution in [1.82, 2.24) is 0 Å². The Morgan fingerprint density at radius 1 is 0.241 bits per heavy atom. The van der Waals surface area contributed by atoms with Gasteiger partial charge in [-0.2, -0.15) is 0 Å². The van der Waals surface area contributed by atoms with Crippen LogP contribution in [0.4, 0.5) is 0 Å². The SMILES string of the molecule is CC(C)(C)c1cc2c([O-])c(c1)COCc1cc(C(C)(C)C)cc(c1[O-])COCc1cc(C(C)(C)C)cc(c1[O-])COC2.CC(C)(C)c1cc2c([O-])c(c1)COCc1cc(C(C)(C)C)cc(c1[O-])COCc1cc(C(C)(C)C)cc(c1[O-])COC2.CCCC[NH2+]CCCC.CCCC[NH2+]CCCC.CO.CO.[O-2].[O-2].[O-2].[O-2].[U].[U]. The van der Waals surface area contributed by atoms with E-state index in [1.165, 1.54) is 77.5 Å². The molecule has 0 spiro atoms. The van der Waals surface area contributed by atoms with Crippen LogP contribution in [0.3, 0.4) is 0 Å². The van der Waals surface area contributed by atoms with Gasteiger partial charge in [-0.05, 0) is 158 Å². The standard InChI is InChI=1S/2C36H48O6.2C8H19N.2CH4O.4O.2U/c2*1-34(2,3)28-10-22-16-40-18-24-12-29(35(4,5)6)14-26(32(24)38)20-42-21-27-15-30(36(7,8)9)13-25(33(27)39)19-41-17-23(11-28)31(22)37;2*1-3-5-7-9-8-6-4-2;2*1-2;;;;;;/h2*10-15,37-39H,16-21H2,1-9H3;2*9H,3-8H2,1-2H3;2*2H,1H3;;;;;;/q;;;;;;4*-2;;/p-4. The maximum atomic E-state index is 13.5. The molecule has 0 amide bonds. The molecule has 636 valence electrons. The van der Waals surface area contributed by atoms with Gasteiger partial charge in [0, 0.05) is 76.4 Å². The number of hydrogen-bond donors (Lipinski definition) is 4. The summed E-state index contributed by atoms with van der Waals surface area (Å²) in [5.74, 6) is -0.858. The minimum absolute atomic E-state index is 0. The molecule has 8 rings (SSSR count). The average molecular weight is 2010 g/mol. The maximum Gasteiger partial charge on any atom is 0.0755 e. The van der Waals surface area contributed by atoms with E-state index in [-0.39, 0.29) is 230 Å². The number of quaternary nitrogens is 2. The van der Waals surface area contributed by atoms with Crippen LogP contribution in [0, 0.1) is 62.2 Å². The Morgan fingerprint density at radius 3 is 0.420 bits per heavy atom. The monoisotopic (exact) mass is 2010 g/mol. The smallest absolute Gasteiger partial charge is 0.0755 e. The van der Waals surface area contributed by atoms with E-state index in [0.29, 0.717) is 66.8 Å². The first-order valence-electron chi connectivity index (χ1n) is 38.7. The number of rotatable bonds is 12. The molecule has 6 aromatic rings. The molecule has 2 aliphatic heterocycles. The van der Waals surface area contributed by atoms with Gasteiger partial charge in [0.1, 0.15) is 0 Å². The molecule has 6 N–H and O–H groups in total. The van der Waals surface area contributed by atoms with E-state index in [2.05, 4.69) is 163 Å². The fraction of sp³-hybridized carbons (Fsp3) is 0.600. The van der Waals surface area contributed by atoms with Crippen LogP contribution in [-0.4, -0.2) is 50.6 Å². The molecule has 2 aliphatic rings. The Balaban J connectivity index is -0.000000788. The van der Waals surface area contributed by atoms with E-state index in [9.17, 15) is 30.6 Å². The van der Waals surface area contributed by atoms with Crippen molar-refractivity contribution in [2.45, 2.75) is 315 Å². The number of hydrogen-bond acceptors (Lipinski definition) is 14. The van der Waals surface area contributed by atoms with Gasteiger partial charge in [0.25, 0.3) is 0 Å². The summed E-state index contributed by atoms with van der Waals surface area (Å²) < 4.78 is 36.2. The number of fused-ring (bicyclic) bond motifs is 12. The van der Waals surface area contributed by atoms with Crippen LogP contribution in [0.2, 0.25) is 0 Å². The third-order valence-electron chi connectivity index (χ3n) is 18.8. The van der Waals surface area contributed by atoms with Crippen molar-refractivity contribution in [3.05, 3.63) is 173 Å². The molecule has 0 aromatic heterocycles. The normalized spacial score (nSPS) is 13.4. The zero-order chi connectivity index (χ0) is 80.0. The van der Waals surface area contributed by atoms with Gasteiger partial charge in [-0.15, -0.1) is 0 Å². The summed E-state index contributed by atoms with van der Waals surface area (Å²) >= 11 is 0. The van der Waals surface area contributed by atoms with Gasteiger partial charge in [-0.3, -0.25) is 0 Å². The van der Waals surface area contributed by atoms with E-state index >= 15 is 0 Å². The Bertz CT molecular complexity index is 2870. The van der Waals surface area contributed by atoms with Gasteiger partial charge < -0.3 is 102 Å². The summed E-state index contributed by atoms with van der Waals surface area (Å²) in [5, 5.41) is 99.9. The fourth-order valence-electron chi connectivity index (χ4n) is 11.7. The summed E-state index contributed by atoms with van der Waals surface area (Å²) in [7, 11) is 2.00. The third kappa shape index (κ3) is 37.5. The van der Waals surface area contributed by atoms with Crippen molar-refractivity contribution in [3.63, 3.8) is 0 Å². The van der Waals surface area contributed by atoms with Gasteiger partial charge >= 0.3 is 0 Å². The third-order valence-corrected chi connectivity index (χ3v) is 18.8. The molecule has 2 heterocycles. The first-order chi connectivity index (χ1) is 49.7. The van der Waals surface area contributed by atoms with Crippen LogP contribution in [0.1, 0.15) is 304 Å². The fourth-order valence-corrected chi connectivity index (χ4v) is 11.7. The van der Waals surface area contributed by atoms with E-state index < -0.39 is 0 Å². The molecule has 12 bridgehead atoms. The van der Waals surface area contributed by atoms with Crippen molar-refractivity contribution in [3.8, 4) is 34.5 Å². The largest absolute Gasteiger partial charge is 2.00 e. The van der Waals surface area contributed by atoms with E-state index in [4.69, 9.17) is 38.6 Å². The summed E-state index contributed by atoms with van der Waals surface area (Å²) in [6.07, 6.45) is 10.9. The van der Waals surface area contributed by atoms with E-state index in [1.54, 1.807) is 0 Å². The van der Waals surface area contributed by atoms with Gasteiger partial charge in [-0.25, -0.2) is 0 Å². The molecule has 0 fully saturated rings. The van der Waals surface area contributed by atoms with Crippen LogP contribution in [0.15, 0.2) is 72.8 Å². The number of unbranched alkanes of at least 4 members (excludes halogenated alkanes) is 4. The Labute approximate surface area is 721 Å². The second-order valence-electron chi connectivity index (χ2n) is 34.3. The molecule has 20 nitrogen and oxygen atoms in total. The zero-order valence-corrected chi connectivity index (χ0v) is 80.8. The van der Waals surface area contributed by atoms with Crippen LogP contribution < -0.4 is 41.3 Å². The molecule has 6 aromatic carbocycles. The van der Waals surface area contributed by atoms with Gasteiger partial charge in [0.15, 0.2) is 0 Å². The number of benzene rings is 6. The molecule has 0 aliphatic carbocycles. The van der Waals surface area contributed by atoms with Crippen LogP contribution in [0.5, 0.6) is 34.5 Å². The first kappa shape index (κ1) is 114. The summed E-state index contributed by atoms with van der Waals surface area (Å²) in [5.41, 5.74) is 11.0.